The van der Waals surface area contributed by atoms with E-state index in [0.29, 0.717) is 29.7 Å². The highest BCUT2D eigenvalue weighted by Crippen LogP contribution is 2.30. The zero-order valence-corrected chi connectivity index (χ0v) is 15.6. The lowest BCUT2D eigenvalue weighted by atomic mass is 10.2. The highest BCUT2D eigenvalue weighted by Gasteiger charge is 2.21. The van der Waals surface area contributed by atoms with Gasteiger partial charge in [0.05, 0.1) is 13.7 Å². The van der Waals surface area contributed by atoms with Crippen LogP contribution in [-0.4, -0.2) is 44.4 Å². The lowest BCUT2D eigenvalue weighted by Gasteiger charge is -2.32. The Bertz CT molecular complexity index is 694. The van der Waals surface area contributed by atoms with Crippen LogP contribution in [0, 0.1) is 0 Å². The van der Waals surface area contributed by atoms with Gasteiger partial charge in [-0.15, -0.1) is 0 Å². The van der Waals surface area contributed by atoms with Gasteiger partial charge in [-0.2, -0.15) is 0 Å². The van der Waals surface area contributed by atoms with Crippen molar-refractivity contribution in [2.24, 2.45) is 0 Å². The van der Waals surface area contributed by atoms with Crippen molar-refractivity contribution in [3.63, 3.8) is 0 Å². The quantitative estimate of drug-likeness (QED) is 0.746. The van der Waals surface area contributed by atoms with E-state index >= 15 is 0 Å². The normalized spacial score (nSPS) is 18.1. The minimum atomic E-state index is 0.0152. The molecule has 3 rings (SSSR count). The molecule has 0 saturated carbocycles. The maximum atomic E-state index is 5.98. The molecule has 0 bridgehead atoms. The molecule has 2 aromatic carbocycles. The van der Waals surface area contributed by atoms with E-state index in [2.05, 4.69) is 17.0 Å². The predicted octanol–water partition coefficient (Wildman–Crippen LogP) is 4.28. The summed E-state index contributed by atoms with van der Waals surface area (Å²) in [5, 5.41) is 1.38. The molecule has 1 fully saturated rings. The summed E-state index contributed by atoms with van der Waals surface area (Å²) in [4.78, 5) is 2.36. The smallest absolute Gasteiger partial charge is 0.162 e. The Morgan fingerprint density at radius 2 is 1.84 bits per heavy atom. The van der Waals surface area contributed by atoms with Gasteiger partial charge >= 0.3 is 0 Å². The summed E-state index contributed by atoms with van der Waals surface area (Å²) in [6, 6.07) is 13.3. The number of morpholine rings is 1. The first-order chi connectivity index (χ1) is 12.1. The zero-order valence-electron chi connectivity index (χ0n) is 14.1. The molecule has 0 amide bonds. The van der Waals surface area contributed by atoms with Crippen molar-refractivity contribution in [1.29, 1.82) is 0 Å². The molecule has 0 radical (unpaired) electrons. The molecule has 0 aliphatic carbocycles. The van der Waals surface area contributed by atoms with Crippen molar-refractivity contribution in [2.75, 3.05) is 33.4 Å². The maximum absolute atomic E-state index is 5.98. The van der Waals surface area contributed by atoms with E-state index in [9.17, 15) is 0 Å². The van der Waals surface area contributed by atoms with Crippen molar-refractivity contribution in [3.05, 3.63) is 58.1 Å². The molecule has 0 N–H and O–H groups in total. The molecule has 1 heterocycles. The molecule has 6 heteroatoms. The van der Waals surface area contributed by atoms with Crippen molar-refractivity contribution in [3.8, 4) is 11.5 Å². The number of hydrogen-bond acceptors (Lipinski definition) is 4. The van der Waals surface area contributed by atoms with Crippen LogP contribution in [0.25, 0.3) is 0 Å². The second kappa shape index (κ2) is 8.77. The Morgan fingerprint density at radius 3 is 2.60 bits per heavy atom. The van der Waals surface area contributed by atoms with Crippen molar-refractivity contribution in [1.82, 2.24) is 4.90 Å². The number of nitrogens with zero attached hydrogens (tertiary/aromatic N) is 1. The third kappa shape index (κ3) is 5.25. The highest BCUT2D eigenvalue weighted by atomic mass is 35.5. The van der Waals surface area contributed by atoms with Crippen LogP contribution >= 0.6 is 23.2 Å². The summed E-state index contributed by atoms with van der Waals surface area (Å²) in [6.45, 7) is 3.76. The predicted molar refractivity (Wildman–Crippen MR) is 100.0 cm³/mol. The fourth-order valence-electron chi connectivity index (χ4n) is 2.82. The van der Waals surface area contributed by atoms with Crippen LogP contribution in [0.4, 0.5) is 0 Å². The van der Waals surface area contributed by atoms with Crippen molar-refractivity contribution in [2.45, 2.75) is 12.6 Å². The van der Waals surface area contributed by atoms with Gasteiger partial charge in [-0.1, -0.05) is 35.3 Å². The summed E-state index contributed by atoms with van der Waals surface area (Å²) >= 11 is 11.9. The van der Waals surface area contributed by atoms with Gasteiger partial charge in [0.1, 0.15) is 12.7 Å². The molecule has 1 aliphatic heterocycles. The fraction of sp³-hybridized carbons (Fsp3) is 0.368. The third-order valence-corrected chi connectivity index (χ3v) is 4.58. The number of halogens is 2. The standard InChI is InChI=1S/C19H21Cl2NO3/c1-23-19-10-16(21)6-7-18(19)25-13-17-12-22(8-9-24-17)11-14-2-4-15(20)5-3-14/h2-7,10,17H,8-9,11-13H2,1H3/t17-/m0/s1. The number of methoxy groups -OCH3 is 1. The van der Waals surface area contributed by atoms with Crippen LogP contribution in [0.1, 0.15) is 5.56 Å². The molecular weight excluding hydrogens is 361 g/mol. The van der Waals surface area contributed by atoms with E-state index < -0.39 is 0 Å². The fourth-order valence-corrected chi connectivity index (χ4v) is 3.10. The molecule has 1 aliphatic rings. The van der Waals surface area contributed by atoms with Gasteiger partial charge in [-0.3, -0.25) is 4.90 Å². The summed E-state index contributed by atoms with van der Waals surface area (Å²) in [5.41, 5.74) is 1.24. The number of benzene rings is 2. The Kier molecular flexibility index (Phi) is 6.43. The topological polar surface area (TPSA) is 30.9 Å². The van der Waals surface area contributed by atoms with Crippen LogP contribution in [0.5, 0.6) is 11.5 Å². The van der Waals surface area contributed by atoms with Gasteiger partial charge in [-0.05, 0) is 29.8 Å². The number of hydrogen-bond donors (Lipinski definition) is 0. The number of ether oxygens (including phenoxy) is 3. The Morgan fingerprint density at radius 1 is 1.08 bits per heavy atom. The first-order valence-electron chi connectivity index (χ1n) is 8.19. The van der Waals surface area contributed by atoms with Gasteiger partial charge < -0.3 is 14.2 Å². The molecule has 2 aromatic rings. The molecule has 0 unspecified atom stereocenters. The molecular formula is C19H21Cl2NO3. The van der Waals surface area contributed by atoms with Gasteiger partial charge in [0.25, 0.3) is 0 Å². The SMILES string of the molecule is COc1cc(Cl)ccc1OC[C@@H]1CN(Cc2ccc(Cl)cc2)CCO1. The van der Waals surface area contributed by atoms with Gasteiger partial charge in [0.2, 0.25) is 0 Å². The molecule has 4 nitrogen and oxygen atoms in total. The van der Waals surface area contributed by atoms with Crippen molar-refractivity contribution < 1.29 is 14.2 Å². The average molecular weight is 382 g/mol. The third-order valence-electron chi connectivity index (χ3n) is 4.09. The van der Waals surface area contributed by atoms with Gasteiger partial charge in [-0.25, -0.2) is 0 Å². The molecule has 1 saturated heterocycles. The second-order valence-corrected chi connectivity index (χ2v) is 6.83. The van der Waals surface area contributed by atoms with E-state index in [0.717, 1.165) is 24.7 Å². The Hall–Kier alpha value is -1.46. The first-order valence-corrected chi connectivity index (χ1v) is 8.94. The van der Waals surface area contributed by atoms with Crippen molar-refractivity contribution >= 4 is 23.2 Å². The van der Waals surface area contributed by atoms with Crippen LogP contribution in [0.2, 0.25) is 10.0 Å². The van der Waals surface area contributed by atoms with Crippen LogP contribution in [0.3, 0.4) is 0 Å². The lowest BCUT2D eigenvalue weighted by Crippen LogP contribution is -2.44. The molecule has 1 atom stereocenters. The van der Waals surface area contributed by atoms with Crippen LogP contribution in [-0.2, 0) is 11.3 Å². The highest BCUT2D eigenvalue weighted by molar-refractivity contribution is 6.31. The van der Waals surface area contributed by atoms with Gasteiger partial charge in [0, 0.05) is 35.7 Å². The van der Waals surface area contributed by atoms with Crippen LogP contribution < -0.4 is 9.47 Å². The lowest BCUT2D eigenvalue weighted by molar-refractivity contribution is -0.0506. The zero-order chi connectivity index (χ0) is 17.6. The molecule has 25 heavy (non-hydrogen) atoms. The van der Waals surface area contributed by atoms with Gasteiger partial charge in [0.15, 0.2) is 11.5 Å². The summed E-state index contributed by atoms with van der Waals surface area (Å²) < 4.78 is 17.0. The average Bonchev–Trinajstić information content (AvgIpc) is 2.63. The van der Waals surface area contributed by atoms with E-state index in [4.69, 9.17) is 37.4 Å². The summed E-state index contributed by atoms with van der Waals surface area (Å²) in [7, 11) is 1.60. The first kappa shape index (κ1) is 18.3. The van der Waals surface area contributed by atoms with E-state index in [1.165, 1.54) is 5.56 Å². The maximum Gasteiger partial charge on any atom is 0.162 e. The monoisotopic (exact) mass is 381 g/mol. The Balaban J connectivity index is 1.54. The summed E-state index contributed by atoms with van der Waals surface area (Å²) in [5.74, 6) is 1.30. The van der Waals surface area contributed by atoms with E-state index in [1.54, 1.807) is 19.2 Å². The van der Waals surface area contributed by atoms with Crippen LogP contribution in [0.15, 0.2) is 42.5 Å². The minimum absolute atomic E-state index is 0.0152. The number of rotatable bonds is 6. The molecule has 0 aromatic heterocycles. The largest absolute Gasteiger partial charge is 0.493 e. The minimum Gasteiger partial charge on any atom is -0.493 e. The van der Waals surface area contributed by atoms with E-state index in [-0.39, 0.29) is 6.10 Å². The molecule has 134 valence electrons. The van der Waals surface area contributed by atoms with E-state index in [1.807, 2.05) is 18.2 Å². The summed E-state index contributed by atoms with van der Waals surface area (Å²) in [6.07, 6.45) is 0.0152. The second-order valence-electron chi connectivity index (χ2n) is 5.96. The molecule has 0 spiro atoms. The Labute approximate surface area is 158 Å².